The maximum atomic E-state index is 13.0. The number of anilines is 1. The van der Waals surface area contributed by atoms with E-state index in [1.807, 2.05) is 32.3 Å². The Morgan fingerprint density at radius 2 is 1.50 bits per heavy atom. The summed E-state index contributed by atoms with van der Waals surface area (Å²) in [6, 6.07) is 20.3. The van der Waals surface area contributed by atoms with Crippen LogP contribution in [0.25, 0.3) is 33.2 Å². The Kier molecular flexibility index (Phi) is 5.63. The van der Waals surface area contributed by atoms with Crippen LogP contribution >= 0.6 is 0 Å². The number of sulfone groups is 1. The lowest BCUT2D eigenvalue weighted by molar-refractivity contribution is 0.602. The van der Waals surface area contributed by atoms with Gasteiger partial charge < -0.3 is 9.47 Å². The van der Waals surface area contributed by atoms with E-state index in [1.54, 1.807) is 6.07 Å². The molecule has 0 amide bonds. The highest BCUT2D eigenvalue weighted by Crippen LogP contribution is 2.45. The van der Waals surface area contributed by atoms with E-state index < -0.39 is 9.84 Å². The van der Waals surface area contributed by atoms with Crippen LogP contribution in [0.2, 0.25) is 0 Å². The molecule has 3 aromatic carbocycles. The molecular weight excluding hydrogens is 416 g/mol. The Balaban J connectivity index is 2.17. The monoisotopic (exact) mass is 446 g/mol. The molecule has 0 spiro atoms. The Bertz CT molecular complexity index is 1410. The summed E-state index contributed by atoms with van der Waals surface area (Å²) < 4.78 is 28.2. The molecule has 1 aromatic heterocycles. The summed E-state index contributed by atoms with van der Waals surface area (Å²) >= 11 is 0. The summed E-state index contributed by atoms with van der Waals surface area (Å²) in [5.41, 5.74) is 8.14. The van der Waals surface area contributed by atoms with Gasteiger partial charge in [0.15, 0.2) is 9.84 Å². The molecule has 0 aliphatic heterocycles. The van der Waals surface area contributed by atoms with Gasteiger partial charge in [-0.3, -0.25) is 0 Å². The lowest BCUT2D eigenvalue weighted by Crippen LogP contribution is -2.08. The van der Waals surface area contributed by atoms with Crippen LogP contribution < -0.4 is 4.90 Å². The molecule has 166 valence electrons. The largest absolute Gasteiger partial charge is 0.378 e. The lowest BCUT2D eigenvalue weighted by Gasteiger charge is -2.19. The van der Waals surface area contributed by atoms with Crippen LogP contribution in [-0.2, 0) is 16.4 Å². The Morgan fingerprint density at radius 3 is 2.09 bits per heavy atom. The van der Waals surface area contributed by atoms with E-state index >= 15 is 0 Å². The second-order valence-corrected chi connectivity index (χ2v) is 10.6. The van der Waals surface area contributed by atoms with Crippen molar-refractivity contribution in [3.8, 4) is 22.3 Å². The van der Waals surface area contributed by atoms with Crippen molar-refractivity contribution < 1.29 is 8.42 Å². The molecule has 0 aliphatic rings. The normalized spacial score (nSPS) is 11.8. The van der Waals surface area contributed by atoms with E-state index in [2.05, 4.69) is 66.6 Å². The molecule has 0 radical (unpaired) electrons. The van der Waals surface area contributed by atoms with Gasteiger partial charge >= 0.3 is 0 Å². The van der Waals surface area contributed by atoms with Gasteiger partial charge in [-0.15, -0.1) is 0 Å². The molecule has 0 saturated heterocycles. The molecule has 1 heterocycles. The Morgan fingerprint density at radius 1 is 0.844 bits per heavy atom. The summed E-state index contributed by atoms with van der Waals surface area (Å²) in [6.45, 7) is 7.09. The van der Waals surface area contributed by atoms with Crippen LogP contribution in [0.15, 0.2) is 65.6 Å². The number of aryl methyl sites for hydroxylation is 2. The van der Waals surface area contributed by atoms with Crippen LogP contribution in [0.1, 0.15) is 18.2 Å². The van der Waals surface area contributed by atoms with Gasteiger partial charge in [0.25, 0.3) is 0 Å². The van der Waals surface area contributed by atoms with Crippen molar-refractivity contribution in [3.63, 3.8) is 0 Å². The zero-order valence-electron chi connectivity index (χ0n) is 19.6. The zero-order chi connectivity index (χ0) is 23.2. The van der Waals surface area contributed by atoms with Gasteiger partial charge in [-0.25, -0.2) is 8.42 Å². The smallest absolute Gasteiger partial charge is 0.176 e. The van der Waals surface area contributed by atoms with E-state index in [4.69, 9.17) is 0 Å². The highest BCUT2D eigenvalue weighted by atomic mass is 32.2. The molecule has 4 nitrogen and oxygen atoms in total. The Labute approximate surface area is 191 Å². The number of hydrogen-bond acceptors (Lipinski definition) is 3. The summed E-state index contributed by atoms with van der Waals surface area (Å²) in [5, 5.41) is 1.08. The number of rotatable bonds is 5. The molecule has 0 saturated carbocycles. The highest BCUT2D eigenvalue weighted by molar-refractivity contribution is 7.90. The molecule has 4 rings (SSSR count). The predicted octanol–water partition coefficient (Wildman–Crippen LogP) is 6.08. The van der Waals surface area contributed by atoms with Crippen LogP contribution in [0.3, 0.4) is 0 Å². The van der Waals surface area contributed by atoms with Gasteiger partial charge in [0.1, 0.15) is 0 Å². The molecule has 0 aliphatic carbocycles. The van der Waals surface area contributed by atoms with Crippen molar-refractivity contribution in [2.24, 2.45) is 0 Å². The molecule has 0 atom stereocenters. The summed E-state index contributed by atoms with van der Waals surface area (Å²) in [5.74, 6) is 0. The number of para-hydroxylation sites is 1. The first-order chi connectivity index (χ1) is 15.1. The third kappa shape index (κ3) is 3.61. The van der Waals surface area contributed by atoms with Crippen molar-refractivity contribution in [2.75, 3.05) is 25.3 Å². The number of hydrogen-bond donors (Lipinski definition) is 0. The molecule has 0 bridgehead atoms. The van der Waals surface area contributed by atoms with Gasteiger partial charge in [-0.1, -0.05) is 36.4 Å². The number of benzene rings is 3. The first-order valence-electron chi connectivity index (χ1n) is 10.8. The van der Waals surface area contributed by atoms with Crippen molar-refractivity contribution in [3.05, 3.63) is 71.9 Å². The van der Waals surface area contributed by atoms with Crippen molar-refractivity contribution in [2.45, 2.75) is 32.2 Å². The number of fused-ring (bicyclic) bond motifs is 1. The average molecular weight is 447 g/mol. The number of aromatic nitrogens is 1. The second kappa shape index (κ2) is 8.14. The van der Waals surface area contributed by atoms with E-state index in [0.717, 1.165) is 56.6 Å². The molecule has 32 heavy (non-hydrogen) atoms. The van der Waals surface area contributed by atoms with Crippen LogP contribution in [0.4, 0.5) is 5.69 Å². The maximum Gasteiger partial charge on any atom is 0.176 e. The minimum Gasteiger partial charge on any atom is -0.378 e. The quantitative estimate of drug-likeness (QED) is 0.373. The summed E-state index contributed by atoms with van der Waals surface area (Å²) in [7, 11) is 0.575. The first-order valence-corrected chi connectivity index (χ1v) is 12.7. The zero-order valence-corrected chi connectivity index (χ0v) is 20.4. The number of nitrogens with zero attached hydrogens (tertiary/aromatic N) is 2. The fourth-order valence-electron chi connectivity index (χ4n) is 4.70. The van der Waals surface area contributed by atoms with Crippen LogP contribution in [0, 0.1) is 13.8 Å². The molecular formula is C27H30N2O2S. The second-order valence-electron chi connectivity index (χ2n) is 8.57. The third-order valence-electron chi connectivity index (χ3n) is 6.24. The fourth-order valence-corrected chi connectivity index (χ4v) is 5.59. The molecule has 0 fully saturated rings. The molecule has 4 aromatic rings. The van der Waals surface area contributed by atoms with Crippen molar-refractivity contribution >= 4 is 26.4 Å². The first kappa shape index (κ1) is 22.2. The van der Waals surface area contributed by atoms with Gasteiger partial charge in [0.2, 0.25) is 0 Å². The molecule has 5 heteroatoms. The van der Waals surface area contributed by atoms with Crippen molar-refractivity contribution in [1.29, 1.82) is 0 Å². The lowest BCUT2D eigenvalue weighted by atomic mass is 9.89. The van der Waals surface area contributed by atoms with E-state index in [-0.39, 0.29) is 0 Å². The van der Waals surface area contributed by atoms with E-state index in [9.17, 15) is 8.42 Å². The summed E-state index contributed by atoms with van der Waals surface area (Å²) in [4.78, 5) is 2.43. The van der Waals surface area contributed by atoms with E-state index in [1.165, 1.54) is 6.26 Å². The van der Waals surface area contributed by atoms with Crippen molar-refractivity contribution in [1.82, 2.24) is 4.57 Å². The Hall–Kier alpha value is -3.05. The van der Waals surface area contributed by atoms with Crippen LogP contribution in [0.5, 0.6) is 0 Å². The minimum atomic E-state index is -3.45. The van der Waals surface area contributed by atoms with Gasteiger partial charge in [0, 0.05) is 60.3 Å². The van der Waals surface area contributed by atoms with Gasteiger partial charge in [-0.2, -0.15) is 0 Å². The fraction of sp³-hybridized carbons (Fsp3) is 0.259. The molecule has 0 unspecified atom stereocenters. The predicted molar refractivity (Wildman–Crippen MR) is 135 cm³/mol. The average Bonchev–Trinajstić information content (AvgIpc) is 3.03. The van der Waals surface area contributed by atoms with Crippen LogP contribution in [-0.4, -0.2) is 33.3 Å². The topological polar surface area (TPSA) is 42.3 Å². The van der Waals surface area contributed by atoms with E-state index in [0.29, 0.717) is 4.90 Å². The van der Waals surface area contributed by atoms with Gasteiger partial charge in [0.05, 0.1) is 4.90 Å². The maximum absolute atomic E-state index is 13.0. The summed E-state index contributed by atoms with van der Waals surface area (Å²) in [6.07, 6.45) is 1.30. The standard InChI is InChI=1S/C27H30N2O2S/c1-7-29-19(3)26(22-10-8-9-11-23(22)29)27-24(32(6,30)31)17-12-18(2)25(27)20-13-15-21(16-14-20)28(4)5/h8-17H,7H2,1-6H3. The highest BCUT2D eigenvalue weighted by Gasteiger charge is 2.25. The SMILES string of the molecule is CCn1c(C)c(-c2c(S(C)(=O)=O)ccc(C)c2-c2ccc(N(C)C)cc2)c2ccccc21. The third-order valence-corrected chi connectivity index (χ3v) is 7.38. The molecule has 0 N–H and O–H groups in total. The minimum absolute atomic E-state index is 0.372. The van der Waals surface area contributed by atoms with Gasteiger partial charge in [-0.05, 0) is 61.7 Å².